The van der Waals surface area contributed by atoms with E-state index in [1.807, 2.05) is 0 Å². The van der Waals surface area contributed by atoms with Gasteiger partial charge in [-0.1, -0.05) is 31.2 Å². The fraction of sp³-hybridized carbons (Fsp3) is 0.667. The second kappa shape index (κ2) is 6.73. The summed E-state index contributed by atoms with van der Waals surface area (Å²) in [5.41, 5.74) is 2.81. The molecule has 0 aromatic heterocycles. The zero-order valence-electron chi connectivity index (χ0n) is 13.7. The van der Waals surface area contributed by atoms with Crippen molar-refractivity contribution in [2.75, 3.05) is 14.1 Å². The number of hydrogen-bond acceptors (Lipinski definition) is 2. The third-order valence-electron chi connectivity index (χ3n) is 5.13. The quantitative estimate of drug-likeness (QED) is 0.817. The summed E-state index contributed by atoms with van der Waals surface area (Å²) in [6, 6.07) is 10.7. The minimum Gasteiger partial charge on any atom is -0.312 e. The maximum absolute atomic E-state index is 3.51. The van der Waals surface area contributed by atoms with Crippen LogP contribution in [0.1, 0.15) is 50.8 Å². The van der Waals surface area contributed by atoms with E-state index in [0.29, 0.717) is 18.1 Å². The molecular weight excluding hydrogens is 244 g/mol. The van der Waals surface area contributed by atoms with Gasteiger partial charge in [0.05, 0.1) is 0 Å². The van der Waals surface area contributed by atoms with Gasteiger partial charge >= 0.3 is 0 Å². The predicted octanol–water partition coefficient (Wildman–Crippen LogP) is 3.63. The van der Waals surface area contributed by atoms with Crippen molar-refractivity contribution in [2.45, 2.75) is 58.2 Å². The van der Waals surface area contributed by atoms with E-state index in [1.165, 1.54) is 24.0 Å². The Hall–Kier alpha value is -0.860. The van der Waals surface area contributed by atoms with E-state index in [2.05, 4.69) is 69.3 Å². The van der Waals surface area contributed by atoms with Crippen molar-refractivity contribution >= 4 is 0 Å². The van der Waals surface area contributed by atoms with Crippen molar-refractivity contribution in [3.63, 3.8) is 0 Å². The summed E-state index contributed by atoms with van der Waals surface area (Å²) in [7, 11) is 4.35. The average Bonchev–Trinajstić information content (AvgIpc) is 3.31. The molecule has 1 fully saturated rings. The van der Waals surface area contributed by atoms with Gasteiger partial charge in [0, 0.05) is 18.1 Å². The molecule has 3 atom stereocenters. The van der Waals surface area contributed by atoms with Gasteiger partial charge in [-0.3, -0.25) is 4.90 Å². The third-order valence-corrected chi connectivity index (χ3v) is 5.13. The van der Waals surface area contributed by atoms with Crippen molar-refractivity contribution in [3.8, 4) is 0 Å². The van der Waals surface area contributed by atoms with Crippen LogP contribution in [0.15, 0.2) is 24.3 Å². The van der Waals surface area contributed by atoms with Gasteiger partial charge in [-0.05, 0) is 64.3 Å². The summed E-state index contributed by atoms with van der Waals surface area (Å²) < 4.78 is 0. The molecule has 3 unspecified atom stereocenters. The lowest BCUT2D eigenvalue weighted by molar-refractivity contribution is 0.147. The summed E-state index contributed by atoms with van der Waals surface area (Å²) in [5, 5.41) is 3.51. The van der Waals surface area contributed by atoms with Crippen molar-refractivity contribution < 1.29 is 0 Å². The monoisotopic (exact) mass is 274 g/mol. The molecule has 1 aromatic carbocycles. The molecule has 0 spiro atoms. The second-order valence-corrected chi connectivity index (χ2v) is 6.35. The Kier molecular flexibility index (Phi) is 5.22. The fourth-order valence-corrected chi connectivity index (χ4v) is 3.16. The van der Waals surface area contributed by atoms with Gasteiger partial charge in [0.15, 0.2) is 0 Å². The van der Waals surface area contributed by atoms with E-state index in [1.54, 1.807) is 0 Å². The first-order chi connectivity index (χ1) is 9.58. The average molecular weight is 274 g/mol. The topological polar surface area (TPSA) is 15.3 Å². The maximum atomic E-state index is 3.51. The van der Waals surface area contributed by atoms with Crippen molar-refractivity contribution in [2.24, 2.45) is 5.92 Å². The number of rotatable bonds is 7. The Morgan fingerprint density at radius 1 is 1.20 bits per heavy atom. The molecule has 2 rings (SSSR count). The van der Waals surface area contributed by atoms with Gasteiger partial charge in [-0.25, -0.2) is 0 Å². The SMILES string of the molecule is CCc1ccc(C(NC)C(C)N(C)C(C)C2CC2)cc1. The summed E-state index contributed by atoms with van der Waals surface area (Å²) >= 11 is 0. The van der Waals surface area contributed by atoms with E-state index in [-0.39, 0.29) is 0 Å². The molecule has 112 valence electrons. The summed E-state index contributed by atoms with van der Waals surface area (Å²) in [5.74, 6) is 0.919. The Morgan fingerprint density at radius 2 is 1.80 bits per heavy atom. The molecule has 0 aliphatic heterocycles. The van der Waals surface area contributed by atoms with Crippen molar-refractivity contribution in [3.05, 3.63) is 35.4 Å². The predicted molar refractivity (Wildman–Crippen MR) is 87.0 cm³/mol. The lowest BCUT2D eigenvalue weighted by Gasteiger charge is -2.36. The summed E-state index contributed by atoms with van der Waals surface area (Å²) in [4.78, 5) is 2.55. The number of benzene rings is 1. The maximum Gasteiger partial charge on any atom is 0.0473 e. The largest absolute Gasteiger partial charge is 0.312 e. The van der Waals surface area contributed by atoms with Crippen LogP contribution in [0.4, 0.5) is 0 Å². The number of hydrogen-bond donors (Lipinski definition) is 1. The summed E-state index contributed by atoms with van der Waals surface area (Å²) in [6.07, 6.45) is 3.93. The van der Waals surface area contributed by atoms with Crippen molar-refractivity contribution in [1.82, 2.24) is 10.2 Å². The number of nitrogens with zero attached hydrogens (tertiary/aromatic N) is 1. The molecule has 1 saturated carbocycles. The summed E-state index contributed by atoms with van der Waals surface area (Å²) in [6.45, 7) is 6.92. The fourth-order valence-electron chi connectivity index (χ4n) is 3.16. The molecule has 0 bridgehead atoms. The molecule has 1 aliphatic rings. The third kappa shape index (κ3) is 3.42. The van der Waals surface area contributed by atoms with Crippen LogP contribution >= 0.6 is 0 Å². The van der Waals surface area contributed by atoms with Crippen LogP contribution in [-0.4, -0.2) is 31.1 Å². The van der Waals surface area contributed by atoms with Crippen molar-refractivity contribution in [1.29, 1.82) is 0 Å². The molecule has 20 heavy (non-hydrogen) atoms. The molecule has 2 heteroatoms. The smallest absolute Gasteiger partial charge is 0.0473 e. The Balaban J connectivity index is 2.08. The second-order valence-electron chi connectivity index (χ2n) is 6.35. The van der Waals surface area contributed by atoms with Crippen LogP contribution in [0.25, 0.3) is 0 Å². The Bertz CT molecular complexity index is 408. The first kappa shape index (κ1) is 15.5. The zero-order chi connectivity index (χ0) is 14.7. The number of likely N-dealkylation sites (N-methyl/N-ethyl adjacent to an activating group) is 2. The highest BCUT2D eigenvalue weighted by atomic mass is 15.2. The number of aryl methyl sites for hydroxylation is 1. The molecule has 0 saturated heterocycles. The van der Waals surface area contributed by atoms with Crippen LogP contribution in [0, 0.1) is 5.92 Å². The Morgan fingerprint density at radius 3 is 2.25 bits per heavy atom. The first-order valence-corrected chi connectivity index (χ1v) is 8.06. The molecular formula is C18H30N2. The van der Waals surface area contributed by atoms with Gasteiger partial charge in [0.1, 0.15) is 0 Å². The normalized spacial score (nSPS) is 19.9. The highest BCUT2D eigenvalue weighted by Crippen LogP contribution is 2.36. The van der Waals surface area contributed by atoms with Gasteiger partial charge in [-0.2, -0.15) is 0 Å². The molecule has 1 N–H and O–H groups in total. The number of nitrogens with one attached hydrogen (secondary N) is 1. The van der Waals surface area contributed by atoms with Gasteiger partial charge in [-0.15, -0.1) is 0 Å². The van der Waals surface area contributed by atoms with E-state index < -0.39 is 0 Å². The lowest BCUT2D eigenvalue weighted by atomic mass is 9.96. The van der Waals surface area contributed by atoms with E-state index >= 15 is 0 Å². The van der Waals surface area contributed by atoms with E-state index in [0.717, 1.165) is 12.3 Å². The highest BCUT2D eigenvalue weighted by molar-refractivity contribution is 5.26. The minimum absolute atomic E-state index is 0.395. The van der Waals surface area contributed by atoms with Gasteiger partial charge in [0.2, 0.25) is 0 Å². The highest BCUT2D eigenvalue weighted by Gasteiger charge is 2.34. The lowest BCUT2D eigenvalue weighted by Crippen LogP contribution is -2.44. The molecule has 2 nitrogen and oxygen atoms in total. The molecule has 1 aliphatic carbocycles. The first-order valence-electron chi connectivity index (χ1n) is 8.06. The molecule has 1 aromatic rings. The molecule has 0 amide bonds. The van der Waals surface area contributed by atoms with E-state index in [4.69, 9.17) is 0 Å². The van der Waals surface area contributed by atoms with Gasteiger partial charge < -0.3 is 5.32 Å². The Labute approximate surface area is 124 Å². The molecule has 0 heterocycles. The van der Waals surface area contributed by atoms with Crippen LogP contribution in [0.5, 0.6) is 0 Å². The molecule has 0 radical (unpaired) electrons. The van der Waals surface area contributed by atoms with Crippen LogP contribution in [0.3, 0.4) is 0 Å². The standard InChI is InChI=1S/C18H30N2/c1-6-15-7-9-17(10-8-15)18(19-4)14(3)20(5)13(2)16-11-12-16/h7-10,13-14,16,18-19H,6,11-12H2,1-5H3. The van der Waals surface area contributed by atoms with Gasteiger partial charge in [0.25, 0.3) is 0 Å². The van der Waals surface area contributed by atoms with Crippen LogP contribution in [0.2, 0.25) is 0 Å². The van der Waals surface area contributed by atoms with E-state index in [9.17, 15) is 0 Å². The van der Waals surface area contributed by atoms with Crippen LogP contribution in [-0.2, 0) is 6.42 Å². The zero-order valence-corrected chi connectivity index (χ0v) is 13.7. The van der Waals surface area contributed by atoms with Crippen LogP contribution < -0.4 is 5.32 Å². The minimum atomic E-state index is 0.395.